The molecular formula is C19H24IN5O5SSi. The Hall–Kier alpha value is -2.13. The number of amides is 2. The average Bonchev–Trinajstić information content (AvgIpc) is 2.73. The number of thioether (sulfide) groups is 1. The number of hydrogen-bond acceptors (Lipinski definition) is 9. The van der Waals surface area contributed by atoms with Crippen molar-refractivity contribution in [3.05, 3.63) is 35.2 Å². The summed E-state index contributed by atoms with van der Waals surface area (Å²) in [5.74, 6) is -0.703. The quantitative estimate of drug-likeness (QED) is 0.122. The molecule has 0 spiro atoms. The highest BCUT2D eigenvalue weighted by Crippen LogP contribution is 2.41. The van der Waals surface area contributed by atoms with E-state index in [1.165, 1.54) is 23.8 Å². The second-order valence-electron chi connectivity index (χ2n) is 8.02. The molecule has 0 aliphatic carbocycles. The van der Waals surface area contributed by atoms with Crippen molar-refractivity contribution in [3.63, 3.8) is 0 Å². The molecule has 0 radical (unpaired) electrons. The minimum atomic E-state index is -2.15. The van der Waals surface area contributed by atoms with Gasteiger partial charge in [0.25, 0.3) is 11.8 Å². The fourth-order valence-electron chi connectivity index (χ4n) is 3.19. The van der Waals surface area contributed by atoms with Crippen LogP contribution in [0.4, 0.5) is 5.82 Å². The number of alkyl halides is 1. The Labute approximate surface area is 204 Å². The predicted octanol–water partition coefficient (Wildman–Crippen LogP) is 1.48. The van der Waals surface area contributed by atoms with Crippen LogP contribution in [0.25, 0.3) is 0 Å². The molecule has 32 heavy (non-hydrogen) atoms. The van der Waals surface area contributed by atoms with E-state index in [0.29, 0.717) is 15.9 Å². The van der Waals surface area contributed by atoms with Crippen LogP contribution in [0.2, 0.25) is 19.6 Å². The first-order chi connectivity index (χ1) is 15.1. The summed E-state index contributed by atoms with van der Waals surface area (Å²) in [5.41, 5.74) is 6.96. The molecule has 2 aliphatic rings. The number of nitrogen functional groups attached to an aromatic ring is 1. The van der Waals surface area contributed by atoms with Crippen molar-refractivity contribution in [1.82, 2.24) is 15.2 Å². The maximum atomic E-state index is 13.0. The van der Waals surface area contributed by atoms with Gasteiger partial charge < -0.3 is 20.3 Å². The number of nitrogens with zero attached hydrogens (tertiary/aromatic N) is 3. The van der Waals surface area contributed by atoms with Crippen LogP contribution in [0.3, 0.4) is 0 Å². The lowest BCUT2D eigenvalue weighted by Crippen LogP contribution is -2.71. The first kappa shape index (κ1) is 24.5. The van der Waals surface area contributed by atoms with E-state index in [4.69, 9.17) is 15.0 Å². The summed E-state index contributed by atoms with van der Waals surface area (Å²) < 4.78 is 6.26. The average molecular weight is 589 g/mol. The molecule has 2 atom stereocenters. The van der Waals surface area contributed by atoms with Gasteiger partial charge in [0.15, 0.2) is 5.71 Å². The fraction of sp³-hybridized carbons (Fsp3) is 0.421. The Bertz CT molecular complexity index is 1010. The molecule has 0 saturated carbocycles. The Kier molecular flexibility index (Phi) is 7.49. The van der Waals surface area contributed by atoms with Crippen LogP contribution in [0, 0.1) is 0 Å². The van der Waals surface area contributed by atoms with Crippen LogP contribution in [0.5, 0.6) is 0 Å². The maximum absolute atomic E-state index is 13.0. The number of β-lactam (4-membered cyclic amide) rings is 1. The molecule has 1 aromatic heterocycles. The molecular weight excluding hydrogens is 565 g/mol. The second kappa shape index (κ2) is 9.78. The monoisotopic (exact) mass is 589 g/mol. The van der Waals surface area contributed by atoms with E-state index >= 15 is 0 Å². The van der Waals surface area contributed by atoms with Gasteiger partial charge >= 0.3 is 5.97 Å². The molecule has 2 aliphatic heterocycles. The summed E-state index contributed by atoms with van der Waals surface area (Å²) in [6.07, 6.45) is 0. The number of anilines is 1. The SMILES string of the molecule is CO/N=C(\C(=O)NC1C(=O)N2C(C(=O)O[Si](C)(C)C)=C(CI)CS[C@H]12)c1cccc(N)n1. The maximum Gasteiger partial charge on any atom is 0.341 e. The minimum Gasteiger partial charge on any atom is -0.515 e. The molecule has 0 aromatic carbocycles. The molecule has 3 rings (SSSR count). The summed E-state index contributed by atoms with van der Waals surface area (Å²) >= 11 is 3.66. The number of nitrogens with one attached hydrogen (secondary N) is 1. The standard InChI is InChI=1S/C19H24IN5O5SSi/c1-29-24-13(11-6-5-7-12(21)22-11)16(26)23-14-17(27)25-15(19(28)30-32(2,3)4)10(8-20)9-31-18(14)25/h5-7,14,18H,8-9H2,1-4H3,(H2,21,22)(H,23,26)/b24-13-/t14?,18-/m1/s1. The van der Waals surface area contributed by atoms with Crippen molar-refractivity contribution in [1.29, 1.82) is 0 Å². The highest BCUT2D eigenvalue weighted by atomic mass is 127. The minimum absolute atomic E-state index is 0.103. The molecule has 2 amide bonds. The third-order valence-electron chi connectivity index (χ3n) is 4.50. The lowest BCUT2D eigenvalue weighted by Gasteiger charge is -2.49. The van der Waals surface area contributed by atoms with Crippen molar-refractivity contribution in [2.75, 3.05) is 23.0 Å². The van der Waals surface area contributed by atoms with E-state index in [2.05, 4.69) is 38.0 Å². The Morgan fingerprint density at radius 1 is 1.41 bits per heavy atom. The van der Waals surface area contributed by atoms with E-state index in [1.807, 2.05) is 19.6 Å². The van der Waals surface area contributed by atoms with E-state index in [9.17, 15) is 14.4 Å². The number of halogens is 1. The van der Waals surface area contributed by atoms with Gasteiger partial charge in [-0.25, -0.2) is 9.78 Å². The number of rotatable bonds is 7. The molecule has 1 unspecified atom stereocenters. The van der Waals surface area contributed by atoms with Gasteiger partial charge in [-0.15, -0.1) is 11.8 Å². The molecule has 1 aromatic rings. The number of oxime groups is 1. The third kappa shape index (κ3) is 5.09. The smallest absolute Gasteiger partial charge is 0.341 e. The van der Waals surface area contributed by atoms with Crippen molar-refractivity contribution < 1.29 is 23.6 Å². The van der Waals surface area contributed by atoms with Gasteiger partial charge in [-0.05, 0) is 37.3 Å². The molecule has 1 fully saturated rings. The predicted molar refractivity (Wildman–Crippen MR) is 133 cm³/mol. The summed E-state index contributed by atoms with van der Waals surface area (Å²) in [7, 11) is -0.848. The van der Waals surface area contributed by atoms with E-state index in [-0.39, 0.29) is 23.1 Å². The largest absolute Gasteiger partial charge is 0.515 e. The van der Waals surface area contributed by atoms with Crippen LogP contribution in [-0.4, -0.2) is 70.4 Å². The molecule has 3 N–H and O–H groups in total. The van der Waals surface area contributed by atoms with Gasteiger partial charge in [-0.3, -0.25) is 14.5 Å². The zero-order valence-corrected chi connectivity index (χ0v) is 22.0. The summed E-state index contributed by atoms with van der Waals surface area (Å²) in [6, 6.07) is 3.96. The topological polar surface area (TPSA) is 136 Å². The molecule has 0 bridgehead atoms. The zero-order valence-electron chi connectivity index (χ0n) is 18.0. The Balaban J connectivity index is 1.81. The fourth-order valence-corrected chi connectivity index (χ4v) is 6.19. The number of carbonyl (C=O) groups excluding carboxylic acids is 3. The third-order valence-corrected chi connectivity index (χ3v) is 7.56. The first-order valence-corrected chi connectivity index (χ1v) is 15.7. The molecule has 172 valence electrons. The molecule has 3 heterocycles. The van der Waals surface area contributed by atoms with Crippen molar-refractivity contribution in [3.8, 4) is 0 Å². The number of aromatic nitrogens is 1. The van der Waals surface area contributed by atoms with Crippen LogP contribution in [0.15, 0.2) is 34.6 Å². The van der Waals surface area contributed by atoms with Gasteiger partial charge in [0.1, 0.15) is 35.7 Å². The van der Waals surface area contributed by atoms with Gasteiger partial charge in [0.05, 0.1) is 0 Å². The van der Waals surface area contributed by atoms with Crippen LogP contribution < -0.4 is 11.1 Å². The van der Waals surface area contributed by atoms with Crippen LogP contribution in [0.1, 0.15) is 5.69 Å². The van der Waals surface area contributed by atoms with Gasteiger partial charge in [0.2, 0.25) is 8.32 Å². The number of pyridine rings is 1. The van der Waals surface area contributed by atoms with Crippen molar-refractivity contribution in [2.24, 2.45) is 5.16 Å². The first-order valence-electron chi connectivity index (χ1n) is 9.68. The van der Waals surface area contributed by atoms with E-state index < -0.39 is 31.6 Å². The number of fused-ring (bicyclic) bond motifs is 1. The summed E-state index contributed by atoms with van der Waals surface area (Å²) in [5, 5.41) is 6.04. The van der Waals surface area contributed by atoms with Gasteiger partial charge in [-0.1, -0.05) is 33.8 Å². The summed E-state index contributed by atoms with van der Waals surface area (Å²) in [6.45, 7) is 5.73. The van der Waals surface area contributed by atoms with Crippen LogP contribution in [-0.2, 0) is 23.6 Å². The molecule has 13 heteroatoms. The highest BCUT2D eigenvalue weighted by molar-refractivity contribution is 14.1. The van der Waals surface area contributed by atoms with E-state index in [1.54, 1.807) is 18.2 Å². The number of carbonyl (C=O) groups is 3. The Morgan fingerprint density at radius 3 is 2.72 bits per heavy atom. The zero-order chi connectivity index (χ0) is 23.6. The summed E-state index contributed by atoms with van der Waals surface area (Å²) in [4.78, 5) is 49.1. The van der Waals surface area contributed by atoms with E-state index in [0.717, 1.165) is 5.57 Å². The molecule has 1 saturated heterocycles. The highest BCUT2D eigenvalue weighted by Gasteiger charge is 2.54. The second-order valence-corrected chi connectivity index (χ2v) is 14.3. The number of nitrogens with two attached hydrogens (primary N) is 1. The van der Waals surface area contributed by atoms with Crippen molar-refractivity contribution in [2.45, 2.75) is 31.1 Å². The van der Waals surface area contributed by atoms with Gasteiger partial charge in [-0.2, -0.15) is 0 Å². The molecule has 10 nitrogen and oxygen atoms in total. The lowest BCUT2D eigenvalue weighted by atomic mass is 10.0. The van der Waals surface area contributed by atoms with Gasteiger partial charge in [0, 0.05) is 10.2 Å². The normalized spacial score (nSPS) is 21.0. The lowest BCUT2D eigenvalue weighted by molar-refractivity contribution is -0.149. The van der Waals surface area contributed by atoms with Crippen molar-refractivity contribution >= 4 is 72.0 Å². The Morgan fingerprint density at radius 2 is 2.12 bits per heavy atom. The number of hydrogen-bond donors (Lipinski definition) is 2. The van der Waals surface area contributed by atoms with Crippen LogP contribution >= 0.6 is 34.4 Å².